The van der Waals surface area contributed by atoms with Crippen molar-refractivity contribution in [3.05, 3.63) is 17.8 Å². The molecule has 0 aromatic carbocycles. The average molecular weight is 245 g/mol. The molecule has 0 aliphatic rings. The number of ether oxygens (including phenoxy) is 1. The molecule has 7 heteroatoms. The molecule has 16 heavy (non-hydrogen) atoms. The molecule has 0 aliphatic carbocycles. The van der Waals surface area contributed by atoms with Gasteiger partial charge in [-0.05, 0) is 18.6 Å². The van der Waals surface area contributed by atoms with Crippen LogP contribution >= 0.6 is 0 Å². The molecule has 1 aromatic heterocycles. The molecule has 1 rings (SSSR count). The van der Waals surface area contributed by atoms with Crippen molar-refractivity contribution in [3.8, 4) is 0 Å². The summed E-state index contributed by atoms with van der Waals surface area (Å²) in [6.45, 7) is 1.88. The predicted molar refractivity (Wildman–Crippen MR) is 62.7 cm³/mol. The third-order valence-electron chi connectivity index (χ3n) is 1.91. The molecule has 3 N–H and O–H groups in total. The van der Waals surface area contributed by atoms with Gasteiger partial charge in [-0.2, -0.15) is 0 Å². The van der Waals surface area contributed by atoms with E-state index in [0.29, 0.717) is 17.1 Å². The van der Waals surface area contributed by atoms with Crippen LogP contribution in [0.25, 0.3) is 0 Å². The van der Waals surface area contributed by atoms with Crippen LogP contribution in [0.3, 0.4) is 0 Å². The molecule has 0 radical (unpaired) electrons. The monoisotopic (exact) mass is 245 g/mol. The number of nitrogens with one attached hydrogen (secondary N) is 1. The van der Waals surface area contributed by atoms with E-state index in [2.05, 4.69) is 9.71 Å². The molecule has 1 heterocycles. The van der Waals surface area contributed by atoms with Crippen LogP contribution in [0.15, 0.2) is 12.3 Å². The van der Waals surface area contributed by atoms with Gasteiger partial charge in [-0.3, -0.25) is 4.72 Å². The van der Waals surface area contributed by atoms with Crippen molar-refractivity contribution in [2.45, 2.75) is 6.92 Å². The van der Waals surface area contributed by atoms with Gasteiger partial charge in [0.15, 0.2) is 0 Å². The largest absolute Gasteiger partial charge is 0.397 e. The number of sulfonamides is 1. The molecule has 1 aromatic rings. The normalized spacial score (nSPS) is 11.4. The van der Waals surface area contributed by atoms with Gasteiger partial charge < -0.3 is 10.5 Å². The minimum atomic E-state index is -3.41. The van der Waals surface area contributed by atoms with Gasteiger partial charge in [-0.15, -0.1) is 0 Å². The number of anilines is 2. The molecule has 0 unspecified atom stereocenters. The van der Waals surface area contributed by atoms with Crippen LogP contribution in [0.2, 0.25) is 0 Å². The predicted octanol–water partition coefficient (Wildman–Crippen LogP) is 0.360. The maximum atomic E-state index is 11.5. The van der Waals surface area contributed by atoms with Crippen molar-refractivity contribution in [1.29, 1.82) is 0 Å². The molecule has 0 aliphatic heterocycles. The topological polar surface area (TPSA) is 94.3 Å². The van der Waals surface area contributed by atoms with E-state index in [-0.39, 0.29) is 12.4 Å². The highest BCUT2D eigenvalue weighted by molar-refractivity contribution is 7.92. The molecular weight excluding hydrogens is 230 g/mol. The molecule has 0 saturated carbocycles. The fraction of sp³-hybridized carbons (Fsp3) is 0.444. The minimum Gasteiger partial charge on any atom is -0.397 e. The zero-order valence-corrected chi connectivity index (χ0v) is 10.0. The average Bonchev–Trinajstić information content (AvgIpc) is 2.19. The van der Waals surface area contributed by atoms with Gasteiger partial charge in [0, 0.05) is 7.11 Å². The van der Waals surface area contributed by atoms with E-state index >= 15 is 0 Å². The highest BCUT2D eigenvalue weighted by Gasteiger charge is 2.12. The summed E-state index contributed by atoms with van der Waals surface area (Å²) in [6, 6.07) is 1.65. The van der Waals surface area contributed by atoms with Crippen LogP contribution in [0.5, 0.6) is 0 Å². The van der Waals surface area contributed by atoms with Crippen LogP contribution < -0.4 is 10.5 Å². The molecule has 0 spiro atoms. The Morgan fingerprint density at radius 2 is 2.25 bits per heavy atom. The zero-order valence-electron chi connectivity index (χ0n) is 9.23. The number of rotatable bonds is 5. The lowest BCUT2D eigenvalue weighted by Crippen LogP contribution is -2.20. The molecule has 0 bridgehead atoms. The second-order valence-electron chi connectivity index (χ2n) is 3.35. The third kappa shape index (κ3) is 3.67. The van der Waals surface area contributed by atoms with E-state index in [9.17, 15) is 8.42 Å². The van der Waals surface area contributed by atoms with Gasteiger partial charge in [0.2, 0.25) is 10.0 Å². The number of pyridine rings is 1. The van der Waals surface area contributed by atoms with Crippen LogP contribution in [0.1, 0.15) is 5.56 Å². The summed E-state index contributed by atoms with van der Waals surface area (Å²) in [6.07, 6.45) is 1.40. The molecule has 6 nitrogen and oxygen atoms in total. The van der Waals surface area contributed by atoms with Gasteiger partial charge >= 0.3 is 0 Å². The van der Waals surface area contributed by atoms with Crippen molar-refractivity contribution in [3.63, 3.8) is 0 Å². The van der Waals surface area contributed by atoms with Crippen molar-refractivity contribution >= 4 is 21.5 Å². The minimum absolute atomic E-state index is 0.102. The Morgan fingerprint density at radius 3 is 2.81 bits per heavy atom. The summed E-state index contributed by atoms with van der Waals surface area (Å²) >= 11 is 0. The summed E-state index contributed by atoms with van der Waals surface area (Å²) in [5.41, 5.74) is 6.69. The fourth-order valence-electron chi connectivity index (χ4n) is 1.09. The third-order valence-corrected chi connectivity index (χ3v) is 3.12. The Hall–Kier alpha value is -1.34. The van der Waals surface area contributed by atoms with E-state index in [1.807, 2.05) is 0 Å². The van der Waals surface area contributed by atoms with Crippen LogP contribution in [-0.2, 0) is 14.8 Å². The van der Waals surface area contributed by atoms with Gasteiger partial charge in [0.25, 0.3) is 0 Å². The van der Waals surface area contributed by atoms with E-state index in [0.717, 1.165) is 0 Å². The highest BCUT2D eigenvalue weighted by Crippen LogP contribution is 2.15. The summed E-state index contributed by atoms with van der Waals surface area (Å²) in [7, 11) is -1.96. The van der Waals surface area contributed by atoms with Gasteiger partial charge in [0.1, 0.15) is 5.82 Å². The number of methoxy groups -OCH3 is 1. The lowest BCUT2D eigenvalue weighted by atomic mass is 10.3. The summed E-state index contributed by atoms with van der Waals surface area (Å²) < 4.78 is 30.1. The van der Waals surface area contributed by atoms with Gasteiger partial charge in [-0.25, -0.2) is 13.4 Å². The van der Waals surface area contributed by atoms with Crippen molar-refractivity contribution in [2.24, 2.45) is 0 Å². The Morgan fingerprint density at radius 1 is 1.56 bits per heavy atom. The Balaban J connectivity index is 2.80. The van der Waals surface area contributed by atoms with Crippen molar-refractivity contribution in [2.75, 3.05) is 29.9 Å². The van der Waals surface area contributed by atoms with Crippen molar-refractivity contribution < 1.29 is 13.2 Å². The molecule has 0 atom stereocenters. The summed E-state index contributed by atoms with van der Waals surface area (Å²) in [5, 5.41) is 0. The zero-order chi connectivity index (χ0) is 12.2. The number of hydrogen-bond acceptors (Lipinski definition) is 5. The summed E-state index contributed by atoms with van der Waals surface area (Å²) in [5.74, 6) is 0.194. The number of nitrogen functional groups attached to an aromatic ring is 1. The first kappa shape index (κ1) is 12.7. The molecule has 0 saturated heterocycles. The quantitative estimate of drug-likeness (QED) is 0.781. The Labute approximate surface area is 94.9 Å². The van der Waals surface area contributed by atoms with Crippen LogP contribution in [-0.4, -0.2) is 32.9 Å². The number of aryl methyl sites for hydroxylation is 1. The van der Waals surface area contributed by atoms with E-state index in [1.165, 1.54) is 13.3 Å². The first-order valence-corrected chi connectivity index (χ1v) is 6.31. The lowest BCUT2D eigenvalue weighted by molar-refractivity contribution is 0.217. The first-order chi connectivity index (χ1) is 7.44. The summed E-state index contributed by atoms with van der Waals surface area (Å²) in [4.78, 5) is 3.91. The number of nitrogens with two attached hydrogens (primary N) is 1. The van der Waals surface area contributed by atoms with E-state index in [1.54, 1.807) is 13.0 Å². The lowest BCUT2D eigenvalue weighted by Gasteiger charge is -2.09. The number of nitrogens with zero attached hydrogens (tertiary/aromatic N) is 1. The second-order valence-corrected chi connectivity index (χ2v) is 5.19. The Kier molecular flexibility index (Phi) is 4.08. The molecule has 90 valence electrons. The van der Waals surface area contributed by atoms with Gasteiger partial charge in [-0.1, -0.05) is 0 Å². The Bertz CT molecular complexity index is 459. The maximum Gasteiger partial charge on any atom is 0.236 e. The molecule has 0 amide bonds. The van der Waals surface area contributed by atoms with Crippen molar-refractivity contribution in [1.82, 2.24) is 4.98 Å². The first-order valence-electron chi connectivity index (χ1n) is 4.66. The highest BCUT2D eigenvalue weighted by atomic mass is 32.2. The number of hydrogen-bond donors (Lipinski definition) is 2. The van der Waals surface area contributed by atoms with E-state index in [4.69, 9.17) is 10.5 Å². The van der Waals surface area contributed by atoms with Crippen LogP contribution in [0.4, 0.5) is 11.5 Å². The smallest absolute Gasteiger partial charge is 0.236 e. The standard InChI is InChI=1S/C9H15N3O3S/c1-7-5-8(10)6-11-9(7)12-16(13,14)4-3-15-2/h5-6H,3-4,10H2,1-2H3,(H,11,12). The SMILES string of the molecule is COCCS(=O)(=O)Nc1ncc(N)cc1C. The van der Waals surface area contributed by atoms with Gasteiger partial charge in [0.05, 0.1) is 24.2 Å². The molecular formula is C9H15N3O3S. The molecule has 0 fully saturated rings. The van der Waals surface area contributed by atoms with Crippen LogP contribution in [0, 0.1) is 6.92 Å². The fourth-order valence-corrected chi connectivity index (χ4v) is 2.09. The van der Waals surface area contributed by atoms with E-state index < -0.39 is 10.0 Å². The number of aromatic nitrogens is 1. The maximum absolute atomic E-state index is 11.5. The second kappa shape index (κ2) is 5.13.